The molecule has 1 saturated heterocycles. The molecule has 2 aliphatic rings. The van der Waals surface area contributed by atoms with Crippen LogP contribution >= 0.6 is 0 Å². The van der Waals surface area contributed by atoms with Gasteiger partial charge in [-0.05, 0) is 83.7 Å². The summed E-state index contributed by atoms with van der Waals surface area (Å²) < 4.78 is 22.1. The topological polar surface area (TPSA) is 128 Å². The van der Waals surface area contributed by atoms with Crippen LogP contribution < -0.4 is 15.7 Å². The van der Waals surface area contributed by atoms with E-state index in [1.54, 1.807) is 6.20 Å². The molecule has 222 valence electrons. The number of nitrogens with one attached hydrogen (secondary N) is 2. The number of fused-ring (bicyclic) bond motifs is 1. The zero-order chi connectivity index (χ0) is 29.6. The molecule has 2 aromatic heterocycles. The van der Waals surface area contributed by atoms with Gasteiger partial charge in [0.1, 0.15) is 12.4 Å². The molecule has 42 heavy (non-hydrogen) atoms. The molecule has 0 bridgehead atoms. The molecule has 1 aliphatic heterocycles. The second-order valence-electron chi connectivity index (χ2n) is 11.5. The highest BCUT2D eigenvalue weighted by molar-refractivity contribution is 5.95. The number of ether oxygens (including phenoxy) is 1. The van der Waals surface area contributed by atoms with Gasteiger partial charge in [0.05, 0.1) is 28.9 Å². The van der Waals surface area contributed by atoms with Crippen LogP contribution in [0, 0.1) is 23.1 Å². The number of nitriles is 1. The van der Waals surface area contributed by atoms with Gasteiger partial charge >= 0.3 is 0 Å². The molecule has 11 heteroatoms. The molecular weight excluding hydrogens is 537 g/mol. The number of pyridine rings is 1. The summed E-state index contributed by atoms with van der Waals surface area (Å²) in [5.41, 5.74) is 1.82. The number of likely N-dealkylation sites (tertiary alicyclic amines) is 1. The number of aromatic nitrogens is 3. The minimum atomic E-state index is -0.675. The summed E-state index contributed by atoms with van der Waals surface area (Å²) in [6.45, 7) is 7.44. The Hall–Kier alpha value is -4.04. The Kier molecular flexibility index (Phi) is 9.32. The lowest BCUT2D eigenvalue weighted by Crippen LogP contribution is -2.38. The number of hydrogen-bond donors (Lipinski definition) is 2. The number of H-pyrrole nitrogens is 1. The lowest BCUT2D eigenvalue weighted by molar-refractivity contribution is -0.126. The average Bonchev–Trinajstić information content (AvgIpc) is 3.34. The lowest BCUT2D eigenvalue weighted by Gasteiger charge is -2.29. The molecule has 2 fully saturated rings. The maximum absolute atomic E-state index is 14.1. The predicted molar refractivity (Wildman–Crippen MR) is 155 cm³/mol. The third-order valence-corrected chi connectivity index (χ3v) is 8.04. The van der Waals surface area contributed by atoms with Crippen molar-refractivity contribution in [1.29, 1.82) is 5.26 Å². The Morgan fingerprint density at radius 2 is 1.93 bits per heavy atom. The summed E-state index contributed by atoms with van der Waals surface area (Å²) in [7, 11) is 0. The first-order valence-corrected chi connectivity index (χ1v) is 14.9. The fourth-order valence-corrected chi connectivity index (χ4v) is 5.95. The number of imidazole rings is 1. The van der Waals surface area contributed by atoms with Crippen LogP contribution in [0.25, 0.3) is 11.0 Å². The first kappa shape index (κ1) is 29.5. The normalized spacial score (nSPS) is 20.0. The second kappa shape index (κ2) is 13.3. The second-order valence-corrected chi connectivity index (χ2v) is 11.5. The molecule has 0 radical (unpaired) electrons. The minimum Gasteiger partial charge on any atom is -0.476 e. The van der Waals surface area contributed by atoms with E-state index in [2.05, 4.69) is 25.2 Å². The number of piperidine rings is 1. The maximum atomic E-state index is 14.1. The van der Waals surface area contributed by atoms with Crippen molar-refractivity contribution in [3.8, 4) is 11.9 Å². The van der Waals surface area contributed by atoms with E-state index in [1.165, 1.54) is 25.3 Å². The van der Waals surface area contributed by atoms with E-state index in [0.29, 0.717) is 36.5 Å². The summed E-state index contributed by atoms with van der Waals surface area (Å²) >= 11 is 0. The molecule has 3 aromatic rings. The van der Waals surface area contributed by atoms with E-state index < -0.39 is 11.7 Å². The first-order valence-electron chi connectivity index (χ1n) is 14.9. The number of rotatable bonds is 8. The third-order valence-electron chi connectivity index (χ3n) is 8.04. The largest absolute Gasteiger partial charge is 0.476 e. The predicted octanol–water partition coefficient (Wildman–Crippen LogP) is 4.24. The number of benzene rings is 1. The van der Waals surface area contributed by atoms with Crippen molar-refractivity contribution in [3.05, 3.63) is 53.0 Å². The molecule has 5 rings (SSSR count). The molecule has 1 aliphatic carbocycles. The monoisotopic (exact) mass is 575 g/mol. The van der Waals surface area contributed by atoms with Gasteiger partial charge in [-0.15, -0.1) is 0 Å². The van der Waals surface area contributed by atoms with Crippen LogP contribution in [0.1, 0.15) is 80.8 Å². The minimum absolute atomic E-state index is 0.00863. The highest BCUT2D eigenvalue weighted by Crippen LogP contribution is 2.34. The number of hydrogen-bond acceptors (Lipinski definition) is 6. The fraction of sp³-hybridized carbons (Fsp3) is 0.516. The zero-order valence-electron chi connectivity index (χ0n) is 24.2. The van der Waals surface area contributed by atoms with Crippen LogP contribution in [0.2, 0.25) is 0 Å². The summed E-state index contributed by atoms with van der Waals surface area (Å²) in [4.78, 5) is 40.3. The number of carbonyl (C=O) groups is 2. The van der Waals surface area contributed by atoms with Gasteiger partial charge in [-0.25, -0.2) is 9.37 Å². The van der Waals surface area contributed by atoms with Crippen LogP contribution in [-0.4, -0.2) is 63.5 Å². The lowest BCUT2D eigenvalue weighted by atomic mass is 9.85. The van der Waals surface area contributed by atoms with Gasteiger partial charge in [0.2, 0.25) is 17.4 Å². The Morgan fingerprint density at radius 3 is 2.64 bits per heavy atom. The number of amides is 2. The molecular formula is C31H38FN7O3. The van der Waals surface area contributed by atoms with E-state index in [4.69, 9.17) is 4.74 Å². The highest BCUT2D eigenvalue weighted by atomic mass is 19.1. The van der Waals surface area contributed by atoms with Crippen LogP contribution in [0.3, 0.4) is 0 Å². The molecule has 2 amide bonds. The molecule has 1 aromatic carbocycles. The molecule has 1 saturated carbocycles. The van der Waals surface area contributed by atoms with E-state index in [-0.39, 0.29) is 35.0 Å². The van der Waals surface area contributed by atoms with Crippen molar-refractivity contribution in [2.45, 2.75) is 70.9 Å². The van der Waals surface area contributed by atoms with Crippen molar-refractivity contribution in [2.75, 3.05) is 26.2 Å². The van der Waals surface area contributed by atoms with Crippen LogP contribution in [0.4, 0.5) is 4.39 Å². The van der Waals surface area contributed by atoms with E-state index in [9.17, 15) is 19.2 Å². The molecule has 0 spiro atoms. The molecule has 0 atom stereocenters. The SMILES string of the molecule is CC(C)NC(=O)[C@H]1CC[C@@H](n2/c(=N/C(=O)c3cc(F)cc(C#N)c3)[nH]c3cnc(OCCN4CCCCC4)cc32)CC1. The number of nitrogens with zero attached hydrogens (tertiary/aromatic N) is 5. The Labute approximate surface area is 244 Å². The maximum Gasteiger partial charge on any atom is 0.280 e. The molecule has 0 unspecified atom stereocenters. The Morgan fingerprint density at radius 1 is 1.17 bits per heavy atom. The van der Waals surface area contributed by atoms with Crippen LogP contribution in [-0.2, 0) is 4.79 Å². The number of halogens is 1. The van der Waals surface area contributed by atoms with Gasteiger partial charge in [0.25, 0.3) is 5.91 Å². The van der Waals surface area contributed by atoms with E-state index in [1.807, 2.05) is 30.6 Å². The highest BCUT2D eigenvalue weighted by Gasteiger charge is 2.29. The van der Waals surface area contributed by atoms with Gasteiger partial charge in [-0.3, -0.25) is 14.5 Å². The standard InChI is InChI=1S/C31H38FN7O3/c1-20(2)35-29(40)22-6-8-25(9-7-22)39-27-17-28(42-13-12-38-10-4-3-5-11-38)34-19-26(27)36-31(39)37-30(41)23-14-21(18-33)15-24(32)16-23/h14-17,19-20,22,25H,3-13H2,1-2H3,(H,35,40)(H,36,37,41)/t22-,25+. The van der Waals surface area contributed by atoms with Gasteiger partial charge in [0, 0.05) is 36.2 Å². The fourth-order valence-electron chi connectivity index (χ4n) is 5.95. The van der Waals surface area contributed by atoms with Crippen molar-refractivity contribution in [2.24, 2.45) is 10.9 Å². The van der Waals surface area contributed by atoms with Crippen molar-refractivity contribution in [3.63, 3.8) is 0 Å². The van der Waals surface area contributed by atoms with Crippen LogP contribution in [0.15, 0.2) is 35.5 Å². The number of carbonyl (C=O) groups excluding carboxylic acids is 2. The van der Waals surface area contributed by atoms with Crippen LogP contribution in [0.5, 0.6) is 5.88 Å². The van der Waals surface area contributed by atoms with Gasteiger partial charge in [0.15, 0.2) is 0 Å². The van der Waals surface area contributed by atoms with Gasteiger partial charge < -0.3 is 19.6 Å². The molecule has 3 heterocycles. The summed E-state index contributed by atoms with van der Waals surface area (Å²) in [5.74, 6) is -0.851. The molecule has 2 N–H and O–H groups in total. The smallest absolute Gasteiger partial charge is 0.280 e. The van der Waals surface area contributed by atoms with Crippen molar-refractivity contribution in [1.82, 2.24) is 24.8 Å². The first-order chi connectivity index (χ1) is 20.3. The van der Waals surface area contributed by atoms with Gasteiger partial charge in [-0.2, -0.15) is 10.3 Å². The third kappa shape index (κ3) is 7.05. The van der Waals surface area contributed by atoms with Crippen molar-refractivity contribution >= 4 is 22.8 Å². The summed E-state index contributed by atoms with van der Waals surface area (Å²) in [6.07, 6.45) is 8.23. The van der Waals surface area contributed by atoms with E-state index >= 15 is 0 Å². The summed E-state index contributed by atoms with van der Waals surface area (Å²) in [5, 5.41) is 12.2. The quantitative estimate of drug-likeness (QED) is 0.414. The summed E-state index contributed by atoms with van der Waals surface area (Å²) in [6, 6.07) is 7.27. The van der Waals surface area contributed by atoms with Crippen molar-refractivity contribution < 1.29 is 18.7 Å². The van der Waals surface area contributed by atoms with E-state index in [0.717, 1.165) is 50.1 Å². The Balaban J connectivity index is 1.44. The zero-order valence-corrected chi connectivity index (χ0v) is 24.2. The average molecular weight is 576 g/mol. The number of aromatic amines is 1. The Bertz CT molecular complexity index is 1540. The molecule has 10 nitrogen and oxygen atoms in total. The van der Waals surface area contributed by atoms with Gasteiger partial charge in [-0.1, -0.05) is 6.42 Å².